The number of rotatable bonds is 8. The monoisotopic (exact) mass is 371 g/mol. The lowest BCUT2D eigenvalue weighted by Crippen LogP contribution is -2.31. The van der Waals surface area contributed by atoms with Crippen molar-refractivity contribution in [2.24, 2.45) is 0 Å². The van der Waals surface area contributed by atoms with Gasteiger partial charge in [0, 0.05) is 11.4 Å². The Balaban J connectivity index is 1.68. The van der Waals surface area contributed by atoms with Crippen molar-refractivity contribution >= 4 is 23.6 Å². The van der Waals surface area contributed by atoms with Crippen molar-refractivity contribution < 1.29 is 14.3 Å². The molecule has 0 saturated carbocycles. The fraction of sp³-hybridized carbons (Fsp3) is 0.333. The molecule has 1 amide bonds. The SMILES string of the molecule is Cc1ccc(S[C@@H](C)C(=O)OCC(=O)NCCc2ccccc2C)cc1. The lowest BCUT2D eigenvalue weighted by Gasteiger charge is -2.12. The van der Waals surface area contributed by atoms with Crippen molar-refractivity contribution in [3.8, 4) is 0 Å². The molecule has 26 heavy (non-hydrogen) atoms. The van der Waals surface area contributed by atoms with Crippen molar-refractivity contribution in [3.05, 3.63) is 65.2 Å². The number of hydrogen-bond donors (Lipinski definition) is 1. The van der Waals surface area contributed by atoms with Crippen LogP contribution in [0.1, 0.15) is 23.6 Å². The molecule has 0 aromatic heterocycles. The molecule has 2 aromatic carbocycles. The average molecular weight is 372 g/mol. The first-order chi connectivity index (χ1) is 12.5. The van der Waals surface area contributed by atoms with E-state index < -0.39 is 0 Å². The molecule has 0 unspecified atom stereocenters. The van der Waals surface area contributed by atoms with Gasteiger partial charge >= 0.3 is 5.97 Å². The van der Waals surface area contributed by atoms with Gasteiger partial charge in [-0.3, -0.25) is 9.59 Å². The van der Waals surface area contributed by atoms with Crippen LogP contribution in [0.25, 0.3) is 0 Å². The van der Waals surface area contributed by atoms with E-state index in [-0.39, 0.29) is 23.7 Å². The van der Waals surface area contributed by atoms with Crippen LogP contribution in [0, 0.1) is 13.8 Å². The summed E-state index contributed by atoms with van der Waals surface area (Å²) in [4.78, 5) is 24.9. The van der Waals surface area contributed by atoms with Crippen LogP contribution in [-0.2, 0) is 20.7 Å². The van der Waals surface area contributed by atoms with Gasteiger partial charge in [-0.2, -0.15) is 0 Å². The van der Waals surface area contributed by atoms with Gasteiger partial charge < -0.3 is 10.1 Å². The van der Waals surface area contributed by atoms with E-state index in [1.54, 1.807) is 6.92 Å². The third kappa shape index (κ3) is 6.56. The second-order valence-corrected chi connectivity index (χ2v) is 7.62. The van der Waals surface area contributed by atoms with E-state index in [9.17, 15) is 9.59 Å². The van der Waals surface area contributed by atoms with Crippen molar-refractivity contribution in [3.63, 3.8) is 0 Å². The van der Waals surface area contributed by atoms with Crippen molar-refractivity contribution in [1.29, 1.82) is 0 Å². The Bertz CT molecular complexity index is 743. The number of amides is 1. The standard InChI is InChI=1S/C21H25NO3S/c1-15-8-10-19(11-9-15)26-17(3)21(24)25-14-20(23)22-13-12-18-7-5-4-6-16(18)2/h4-11,17H,12-14H2,1-3H3,(H,22,23)/t17-/m0/s1. The van der Waals surface area contributed by atoms with Crippen molar-refractivity contribution in [1.82, 2.24) is 5.32 Å². The summed E-state index contributed by atoms with van der Waals surface area (Å²) in [5.74, 6) is -0.663. The number of ether oxygens (including phenoxy) is 1. The lowest BCUT2D eigenvalue weighted by atomic mass is 10.1. The van der Waals surface area contributed by atoms with E-state index in [2.05, 4.69) is 5.32 Å². The van der Waals surface area contributed by atoms with Crippen LogP contribution in [-0.4, -0.2) is 30.3 Å². The van der Waals surface area contributed by atoms with Crippen LogP contribution in [0.4, 0.5) is 0 Å². The molecule has 1 N–H and O–H groups in total. The molecule has 1 atom stereocenters. The number of thioether (sulfide) groups is 1. The highest BCUT2D eigenvalue weighted by molar-refractivity contribution is 8.00. The fourth-order valence-electron chi connectivity index (χ4n) is 2.40. The van der Waals surface area contributed by atoms with Crippen LogP contribution >= 0.6 is 11.8 Å². The summed E-state index contributed by atoms with van der Waals surface area (Å²) in [5, 5.41) is 2.42. The van der Waals surface area contributed by atoms with Gasteiger partial charge in [-0.05, 0) is 50.5 Å². The Morgan fingerprint density at radius 2 is 1.77 bits per heavy atom. The Morgan fingerprint density at radius 1 is 1.08 bits per heavy atom. The van der Waals surface area contributed by atoms with E-state index >= 15 is 0 Å². The summed E-state index contributed by atoms with van der Waals surface area (Å²) in [6, 6.07) is 16.0. The number of carbonyl (C=O) groups is 2. The predicted molar refractivity (Wildman–Crippen MR) is 105 cm³/mol. The zero-order valence-electron chi connectivity index (χ0n) is 15.5. The molecule has 0 aliphatic heterocycles. The normalized spacial score (nSPS) is 11.7. The number of esters is 1. The maximum absolute atomic E-state index is 12.0. The molecule has 2 rings (SSSR count). The van der Waals surface area contributed by atoms with Gasteiger partial charge in [-0.25, -0.2) is 0 Å². The quantitative estimate of drug-likeness (QED) is 0.568. The molecular weight excluding hydrogens is 346 g/mol. The zero-order chi connectivity index (χ0) is 18.9. The van der Waals surface area contributed by atoms with Crippen molar-refractivity contribution in [2.45, 2.75) is 37.3 Å². The summed E-state index contributed by atoms with van der Waals surface area (Å²) in [6.45, 7) is 6.12. The van der Waals surface area contributed by atoms with Gasteiger partial charge in [-0.1, -0.05) is 42.0 Å². The Labute approximate surface area is 159 Å². The molecule has 4 nitrogen and oxygen atoms in total. The predicted octanol–water partition coefficient (Wildman–Crippen LogP) is 3.69. The molecule has 5 heteroatoms. The Kier molecular flexibility index (Phi) is 7.73. The van der Waals surface area contributed by atoms with Crippen molar-refractivity contribution in [2.75, 3.05) is 13.2 Å². The van der Waals surface area contributed by atoms with Gasteiger partial charge in [0.05, 0.1) is 0 Å². The third-order valence-corrected chi connectivity index (χ3v) is 5.08. The molecule has 0 aliphatic carbocycles. The first-order valence-electron chi connectivity index (χ1n) is 8.67. The van der Waals surface area contributed by atoms with E-state index in [0.717, 1.165) is 11.3 Å². The van der Waals surface area contributed by atoms with E-state index in [0.29, 0.717) is 6.54 Å². The minimum absolute atomic E-state index is 0.245. The smallest absolute Gasteiger partial charge is 0.319 e. The van der Waals surface area contributed by atoms with Crippen LogP contribution in [0.5, 0.6) is 0 Å². The minimum atomic E-state index is -0.385. The maximum Gasteiger partial charge on any atom is 0.319 e. The van der Waals surface area contributed by atoms with Gasteiger partial charge in [0.25, 0.3) is 5.91 Å². The number of aryl methyl sites for hydroxylation is 2. The molecular formula is C21H25NO3S. The number of nitrogens with one attached hydrogen (secondary N) is 1. The van der Waals surface area contributed by atoms with E-state index in [4.69, 9.17) is 4.74 Å². The van der Waals surface area contributed by atoms with Crippen LogP contribution in [0.15, 0.2) is 53.4 Å². The molecule has 0 radical (unpaired) electrons. The first kappa shape index (κ1) is 20.0. The van der Waals surface area contributed by atoms with Crippen LogP contribution < -0.4 is 5.32 Å². The Morgan fingerprint density at radius 3 is 2.46 bits per heavy atom. The molecule has 0 spiro atoms. The molecule has 0 heterocycles. The topological polar surface area (TPSA) is 55.4 Å². The third-order valence-electron chi connectivity index (χ3n) is 3.99. The number of benzene rings is 2. The highest BCUT2D eigenvalue weighted by Crippen LogP contribution is 2.24. The molecule has 138 valence electrons. The summed E-state index contributed by atoms with van der Waals surface area (Å²) in [7, 11) is 0. The second kappa shape index (κ2) is 10.0. The van der Waals surface area contributed by atoms with Gasteiger partial charge in [-0.15, -0.1) is 11.8 Å². The van der Waals surface area contributed by atoms with E-state index in [1.165, 1.54) is 28.5 Å². The van der Waals surface area contributed by atoms with Crippen LogP contribution in [0.2, 0.25) is 0 Å². The summed E-state index contributed by atoms with van der Waals surface area (Å²) < 4.78 is 5.12. The highest BCUT2D eigenvalue weighted by atomic mass is 32.2. The molecule has 0 saturated heterocycles. The summed E-state index contributed by atoms with van der Waals surface area (Å²) in [5.41, 5.74) is 3.58. The zero-order valence-corrected chi connectivity index (χ0v) is 16.3. The molecule has 2 aromatic rings. The highest BCUT2D eigenvalue weighted by Gasteiger charge is 2.17. The maximum atomic E-state index is 12.0. The Hall–Kier alpha value is -2.27. The average Bonchev–Trinajstić information content (AvgIpc) is 2.63. The number of hydrogen-bond acceptors (Lipinski definition) is 4. The first-order valence-corrected chi connectivity index (χ1v) is 9.55. The lowest BCUT2D eigenvalue weighted by molar-refractivity contribution is -0.147. The summed E-state index contributed by atoms with van der Waals surface area (Å²) >= 11 is 1.42. The number of carbonyl (C=O) groups excluding carboxylic acids is 2. The largest absolute Gasteiger partial charge is 0.455 e. The summed E-state index contributed by atoms with van der Waals surface area (Å²) in [6.07, 6.45) is 0.756. The molecule has 0 bridgehead atoms. The van der Waals surface area contributed by atoms with Gasteiger partial charge in [0.15, 0.2) is 6.61 Å². The minimum Gasteiger partial charge on any atom is -0.455 e. The fourth-order valence-corrected chi connectivity index (χ4v) is 3.27. The van der Waals surface area contributed by atoms with E-state index in [1.807, 2.05) is 62.4 Å². The van der Waals surface area contributed by atoms with Crippen LogP contribution in [0.3, 0.4) is 0 Å². The molecule has 0 fully saturated rings. The van der Waals surface area contributed by atoms with Gasteiger partial charge in [0.2, 0.25) is 0 Å². The molecule has 0 aliphatic rings. The van der Waals surface area contributed by atoms with Gasteiger partial charge in [0.1, 0.15) is 5.25 Å². The second-order valence-electron chi connectivity index (χ2n) is 6.21.